The molecule has 0 rings (SSSR count). The summed E-state index contributed by atoms with van der Waals surface area (Å²) >= 11 is 19.0. The molecule has 2 atom stereocenters. The van der Waals surface area contributed by atoms with Crippen LogP contribution in [0.1, 0.15) is 6.92 Å². The fourth-order valence-corrected chi connectivity index (χ4v) is 13.1. The van der Waals surface area contributed by atoms with Gasteiger partial charge in [-0.3, -0.25) is 7.05 Å². The zero-order chi connectivity index (χ0) is 8.36. The molecule has 0 amide bonds. The lowest BCUT2D eigenvalue weighted by molar-refractivity contribution is 0.691. The van der Waals surface area contributed by atoms with Crippen LogP contribution in [0.3, 0.4) is 0 Å². The summed E-state index contributed by atoms with van der Waals surface area (Å²) in [5.74, 6) is 0.408. The van der Waals surface area contributed by atoms with Crippen molar-refractivity contribution in [1.82, 2.24) is 0 Å². The Bertz CT molecular complexity index is 284. The molecule has 0 aromatic carbocycles. The largest absolute Gasteiger partial charge is 0.275 e. The Labute approximate surface area is 82.9 Å². The molecule has 0 saturated carbocycles. The quantitative estimate of drug-likeness (QED) is 0.536. The van der Waals surface area contributed by atoms with Crippen LogP contribution in [0.5, 0.6) is 0 Å². The van der Waals surface area contributed by atoms with Crippen molar-refractivity contribution in [2.75, 3.05) is 5.75 Å². The van der Waals surface area contributed by atoms with Crippen LogP contribution >= 0.6 is 0 Å². The van der Waals surface area contributed by atoms with E-state index in [-0.39, 0.29) is 0 Å². The number of hydrogen-bond acceptors (Lipinski definition) is 6. The van der Waals surface area contributed by atoms with Crippen LogP contribution in [0.25, 0.3) is 0 Å². The Morgan fingerprint density at radius 2 is 2.00 bits per heavy atom. The van der Waals surface area contributed by atoms with E-state index in [1.807, 2.05) is 0 Å². The maximum Gasteiger partial charge on any atom is 0.0676 e. The molecule has 0 spiro atoms. The molecular formula is C2H5OS7-. The lowest BCUT2D eigenvalue weighted by Gasteiger charge is -2.10. The molecule has 0 bridgehead atoms. The van der Waals surface area contributed by atoms with E-state index in [4.69, 9.17) is 44.8 Å². The van der Waals surface area contributed by atoms with Gasteiger partial charge in [-0.2, -0.15) is 0 Å². The van der Waals surface area contributed by atoms with Crippen molar-refractivity contribution in [3.05, 3.63) is 0 Å². The summed E-state index contributed by atoms with van der Waals surface area (Å²) in [6.07, 6.45) is 0. The highest BCUT2D eigenvalue weighted by atomic mass is 33.9. The van der Waals surface area contributed by atoms with Gasteiger partial charge in [0.2, 0.25) is 0 Å². The predicted octanol–water partition coefficient (Wildman–Crippen LogP) is 0.205. The summed E-state index contributed by atoms with van der Waals surface area (Å²) in [7, 11) is -3.97. The van der Waals surface area contributed by atoms with Crippen LogP contribution in [0, 0.1) is 0 Å². The minimum atomic E-state index is -2.32. The van der Waals surface area contributed by atoms with Crippen LogP contribution in [0.2, 0.25) is 0 Å². The molecule has 0 aliphatic heterocycles. The van der Waals surface area contributed by atoms with Gasteiger partial charge >= 0.3 is 0 Å². The molecule has 2 unspecified atom stereocenters. The van der Waals surface area contributed by atoms with Crippen LogP contribution in [-0.4, -0.2) is 9.96 Å². The molecule has 8 heteroatoms. The zero-order valence-corrected chi connectivity index (χ0v) is 10.7. The Hall–Kier alpha value is 1.73. The third kappa shape index (κ3) is 3.42. The monoisotopic (exact) mass is 269 g/mol. The molecule has 10 heavy (non-hydrogen) atoms. The molecule has 0 aromatic heterocycles. The summed E-state index contributed by atoms with van der Waals surface area (Å²) in [4.78, 5) is 0. The van der Waals surface area contributed by atoms with Gasteiger partial charge in [0, 0.05) is 5.75 Å². The van der Waals surface area contributed by atoms with E-state index in [1.54, 1.807) is 6.92 Å². The van der Waals surface area contributed by atoms with E-state index in [0.717, 1.165) is 0 Å². The highest BCUT2D eigenvalue weighted by Gasteiger charge is 1.99. The topological polar surface area (TPSA) is 17.1 Å². The second-order valence-corrected chi connectivity index (χ2v) is 17.4. The lowest BCUT2D eigenvalue weighted by atomic mass is 11.0. The fraction of sp³-hybridized carbons (Fsp3) is 1.00. The summed E-state index contributed by atoms with van der Waals surface area (Å²) in [5, 5.41) is 0. The molecule has 0 aromatic rings. The van der Waals surface area contributed by atoms with Gasteiger partial charge in [-0.25, -0.2) is 26.6 Å². The van der Waals surface area contributed by atoms with Gasteiger partial charge in [0.15, 0.2) is 0 Å². The molecule has 62 valence electrons. The molecule has 0 N–H and O–H groups in total. The van der Waals surface area contributed by atoms with Gasteiger partial charge in [-0.1, -0.05) is 18.1 Å². The van der Waals surface area contributed by atoms with Crippen LogP contribution in [-0.2, 0) is 66.8 Å². The van der Waals surface area contributed by atoms with E-state index in [1.165, 1.54) is 0 Å². The molecule has 0 fully saturated rings. The maximum atomic E-state index is 11.3. The van der Waals surface area contributed by atoms with Crippen molar-refractivity contribution in [1.29, 1.82) is 0 Å². The van der Waals surface area contributed by atoms with Gasteiger partial charge in [0.25, 0.3) is 0 Å². The molecule has 0 radical (unpaired) electrons. The first-order chi connectivity index (χ1) is 4.41. The normalized spacial score (nSPS) is 20.2. The number of rotatable bonds is 3. The van der Waals surface area contributed by atoms with E-state index < -0.39 is 22.1 Å². The smallest absolute Gasteiger partial charge is 0.0676 e. The zero-order valence-electron chi connectivity index (χ0n) is 4.97. The molecule has 0 aliphatic carbocycles. The lowest BCUT2D eigenvalue weighted by Crippen LogP contribution is -2.07. The van der Waals surface area contributed by atoms with E-state index >= 15 is 0 Å². The highest BCUT2D eigenvalue weighted by molar-refractivity contribution is 9.19. The maximum absolute atomic E-state index is 11.3. The van der Waals surface area contributed by atoms with Gasteiger partial charge in [0.05, 0.1) is 7.52 Å². The average Bonchev–Trinajstić information content (AvgIpc) is 1.86. The van der Waals surface area contributed by atoms with Crippen molar-refractivity contribution >= 4 is 66.8 Å². The van der Waals surface area contributed by atoms with Crippen molar-refractivity contribution in [2.45, 2.75) is 6.92 Å². The van der Waals surface area contributed by atoms with Crippen LogP contribution in [0.4, 0.5) is 0 Å². The minimum Gasteiger partial charge on any atom is -0.275 e. The molecule has 1 nitrogen and oxygen atoms in total. The Balaban J connectivity index is 4.88. The first-order valence-corrected chi connectivity index (χ1v) is 11.1. The summed E-state index contributed by atoms with van der Waals surface area (Å²) in [6, 6.07) is 0. The molecule has 0 heterocycles. The molecular weight excluding hydrogens is 264 g/mol. The third-order valence-electron chi connectivity index (χ3n) is 0.672. The van der Waals surface area contributed by atoms with Gasteiger partial charge in [-0.15, -0.1) is 7.52 Å². The Morgan fingerprint density at radius 1 is 1.60 bits per heavy atom. The second kappa shape index (κ2) is 4.68. The van der Waals surface area contributed by atoms with Crippen LogP contribution in [0.15, 0.2) is 0 Å². The first kappa shape index (κ1) is 11.7. The minimum absolute atomic E-state index is 0.408. The van der Waals surface area contributed by atoms with Crippen molar-refractivity contribution in [2.24, 2.45) is 0 Å². The second-order valence-electron chi connectivity index (χ2n) is 1.25. The first-order valence-electron chi connectivity index (χ1n) is 2.16. The van der Waals surface area contributed by atoms with Gasteiger partial charge in [0.1, 0.15) is 0 Å². The standard InChI is InChI=1S/C2H5OS7/c1-2-10(3,7)9(6)8(4)5/h2H2,1H3/q-1. The number of hydrogen-bond donors (Lipinski definition) is 0. The summed E-state index contributed by atoms with van der Waals surface area (Å²) in [6.45, 7) is 1.75. The average molecular weight is 270 g/mol. The summed E-state index contributed by atoms with van der Waals surface area (Å²) in [5.41, 5.74) is 0. The van der Waals surface area contributed by atoms with E-state index in [0.29, 0.717) is 5.75 Å². The van der Waals surface area contributed by atoms with Gasteiger partial charge in [-0.05, 0) is 11.2 Å². The fourth-order valence-electron chi connectivity index (χ4n) is 0.181. The van der Waals surface area contributed by atoms with E-state index in [2.05, 4.69) is 0 Å². The SMILES string of the molecule is CCS(=O)(=S)S(=S)[S-](=S)=S. The van der Waals surface area contributed by atoms with Crippen molar-refractivity contribution < 1.29 is 4.21 Å². The van der Waals surface area contributed by atoms with Crippen LogP contribution < -0.4 is 0 Å². The van der Waals surface area contributed by atoms with Crippen molar-refractivity contribution in [3.8, 4) is 0 Å². The van der Waals surface area contributed by atoms with E-state index in [9.17, 15) is 4.21 Å². The molecule has 0 aliphatic rings. The van der Waals surface area contributed by atoms with Crippen molar-refractivity contribution in [3.63, 3.8) is 0 Å². The van der Waals surface area contributed by atoms with Gasteiger partial charge < -0.3 is 0 Å². The molecule has 0 saturated heterocycles. The highest BCUT2D eigenvalue weighted by Crippen LogP contribution is 2.00. The Kier molecular flexibility index (Phi) is 5.49. The predicted molar refractivity (Wildman–Crippen MR) is 62.9 cm³/mol. The summed E-state index contributed by atoms with van der Waals surface area (Å²) < 4.78 is 11.3. The third-order valence-corrected chi connectivity index (χ3v) is 20.1. The Morgan fingerprint density at radius 3 is 2.10 bits per heavy atom.